The first-order valence-electron chi connectivity index (χ1n) is 11.5. The van der Waals surface area contributed by atoms with Crippen molar-refractivity contribution in [3.63, 3.8) is 0 Å². The quantitative estimate of drug-likeness (QED) is 0.178. The van der Waals surface area contributed by atoms with Gasteiger partial charge in [0.15, 0.2) is 0 Å². The van der Waals surface area contributed by atoms with Crippen LogP contribution in [0.15, 0.2) is 58.2 Å². The summed E-state index contributed by atoms with van der Waals surface area (Å²) in [5.41, 5.74) is 5.11. The van der Waals surface area contributed by atoms with Gasteiger partial charge in [0.25, 0.3) is 0 Å². The van der Waals surface area contributed by atoms with Crippen molar-refractivity contribution in [2.24, 2.45) is 0 Å². The molecule has 1 fully saturated rings. The standard InChI is InChI=1S/C27H36O6/c1-18(2)14-24-15-22(27(30)33-24)11-7-10-19(3)8-6-9-20(4)12-13-25(32-21(5)28)23-16-26(29)31-17-23/h8,11-12,14,16,24-25H,6-7,9-10,13,15,17H2,1-5H3. The molecule has 0 spiro atoms. The van der Waals surface area contributed by atoms with Gasteiger partial charge in [0, 0.05) is 37.0 Å². The molecule has 33 heavy (non-hydrogen) atoms. The number of carbonyl (C=O) groups excluding carboxylic acids is 3. The number of carbonyl (C=O) groups is 3. The normalized spacial score (nSPS) is 20.9. The number of ether oxygens (including phenoxy) is 3. The fraction of sp³-hybridized carbons (Fsp3) is 0.519. The zero-order valence-corrected chi connectivity index (χ0v) is 20.4. The third-order valence-corrected chi connectivity index (χ3v) is 5.51. The van der Waals surface area contributed by atoms with Gasteiger partial charge in [0.1, 0.15) is 18.8 Å². The van der Waals surface area contributed by atoms with E-state index in [1.807, 2.05) is 26.0 Å². The molecule has 0 amide bonds. The molecular weight excluding hydrogens is 420 g/mol. The molecule has 0 aromatic rings. The second-order valence-corrected chi connectivity index (χ2v) is 8.96. The fourth-order valence-electron chi connectivity index (χ4n) is 3.77. The van der Waals surface area contributed by atoms with Crippen molar-refractivity contribution in [1.29, 1.82) is 0 Å². The van der Waals surface area contributed by atoms with Gasteiger partial charge < -0.3 is 14.2 Å². The van der Waals surface area contributed by atoms with Gasteiger partial charge in [-0.05, 0) is 59.5 Å². The molecule has 2 aliphatic heterocycles. The first-order valence-corrected chi connectivity index (χ1v) is 11.5. The Bertz CT molecular complexity index is 896. The second-order valence-electron chi connectivity index (χ2n) is 8.96. The summed E-state index contributed by atoms with van der Waals surface area (Å²) >= 11 is 0. The van der Waals surface area contributed by atoms with E-state index in [0.717, 1.165) is 36.8 Å². The van der Waals surface area contributed by atoms with Crippen LogP contribution in [0, 0.1) is 0 Å². The zero-order chi connectivity index (χ0) is 24.4. The van der Waals surface area contributed by atoms with E-state index in [-0.39, 0.29) is 24.6 Å². The van der Waals surface area contributed by atoms with Crippen LogP contribution < -0.4 is 0 Å². The summed E-state index contributed by atoms with van der Waals surface area (Å²) in [6.45, 7) is 9.71. The highest BCUT2D eigenvalue weighted by Crippen LogP contribution is 2.24. The van der Waals surface area contributed by atoms with Crippen molar-refractivity contribution in [2.45, 2.75) is 85.4 Å². The highest BCUT2D eigenvalue weighted by molar-refractivity contribution is 5.90. The molecule has 2 atom stereocenters. The first-order chi connectivity index (χ1) is 15.6. The van der Waals surface area contributed by atoms with E-state index in [0.29, 0.717) is 18.4 Å². The smallest absolute Gasteiger partial charge is 0.334 e. The van der Waals surface area contributed by atoms with E-state index in [1.165, 1.54) is 24.1 Å². The van der Waals surface area contributed by atoms with Gasteiger partial charge in [-0.15, -0.1) is 0 Å². The largest absolute Gasteiger partial charge is 0.458 e. The Morgan fingerprint density at radius 3 is 2.42 bits per heavy atom. The molecule has 0 radical (unpaired) electrons. The highest BCUT2D eigenvalue weighted by atomic mass is 16.6. The maximum atomic E-state index is 12.0. The van der Waals surface area contributed by atoms with E-state index in [1.54, 1.807) is 0 Å². The number of allylic oxidation sites excluding steroid dienone is 5. The van der Waals surface area contributed by atoms with Crippen molar-refractivity contribution >= 4 is 17.9 Å². The van der Waals surface area contributed by atoms with Crippen LogP contribution >= 0.6 is 0 Å². The molecule has 6 nitrogen and oxygen atoms in total. The topological polar surface area (TPSA) is 78.9 Å². The molecule has 0 bridgehead atoms. The van der Waals surface area contributed by atoms with E-state index in [4.69, 9.17) is 14.2 Å². The minimum atomic E-state index is -0.465. The molecule has 0 aromatic carbocycles. The summed E-state index contributed by atoms with van der Waals surface area (Å²) < 4.78 is 15.7. The van der Waals surface area contributed by atoms with Crippen LogP contribution in [-0.4, -0.2) is 36.7 Å². The summed E-state index contributed by atoms with van der Waals surface area (Å²) in [6.07, 6.45) is 13.8. The van der Waals surface area contributed by atoms with Crippen molar-refractivity contribution in [1.82, 2.24) is 0 Å². The number of hydrogen-bond donors (Lipinski definition) is 0. The third-order valence-electron chi connectivity index (χ3n) is 5.51. The Hall–Kier alpha value is -2.89. The molecule has 0 saturated carbocycles. The average molecular weight is 457 g/mol. The van der Waals surface area contributed by atoms with Gasteiger partial charge >= 0.3 is 17.9 Å². The lowest BCUT2D eigenvalue weighted by atomic mass is 10.0. The van der Waals surface area contributed by atoms with Gasteiger partial charge in [-0.2, -0.15) is 0 Å². The maximum Gasteiger partial charge on any atom is 0.334 e. The minimum absolute atomic E-state index is 0.126. The minimum Gasteiger partial charge on any atom is -0.458 e. The predicted octanol–water partition coefficient (Wildman–Crippen LogP) is 5.45. The van der Waals surface area contributed by atoms with E-state index >= 15 is 0 Å². The molecule has 0 aromatic heterocycles. The molecule has 0 N–H and O–H groups in total. The fourth-order valence-corrected chi connectivity index (χ4v) is 3.77. The van der Waals surface area contributed by atoms with Gasteiger partial charge in [0.2, 0.25) is 0 Å². The van der Waals surface area contributed by atoms with Gasteiger partial charge in [-0.3, -0.25) is 4.79 Å². The molecule has 2 unspecified atom stereocenters. The molecule has 2 aliphatic rings. The van der Waals surface area contributed by atoms with Crippen molar-refractivity contribution in [2.75, 3.05) is 6.61 Å². The Balaban J connectivity index is 1.77. The Kier molecular flexibility index (Phi) is 10.4. The lowest BCUT2D eigenvalue weighted by Gasteiger charge is -2.16. The van der Waals surface area contributed by atoms with Gasteiger partial charge in [-0.25, -0.2) is 9.59 Å². The van der Waals surface area contributed by atoms with Crippen LogP contribution in [0.3, 0.4) is 0 Å². The molecule has 1 saturated heterocycles. The monoisotopic (exact) mass is 456 g/mol. The lowest BCUT2D eigenvalue weighted by molar-refractivity contribution is -0.144. The van der Waals surface area contributed by atoms with Gasteiger partial charge in [-0.1, -0.05) is 34.9 Å². The van der Waals surface area contributed by atoms with Crippen LogP contribution in [-0.2, 0) is 28.6 Å². The summed E-state index contributed by atoms with van der Waals surface area (Å²) in [5.74, 6) is -0.967. The van der Waals surface area contributed by atoms with Crippen molar-refractivity contribution in [3.05, 3.63) is 58.2 Å². The van der Waals surface area contributed by atoms with Crippen LogP contribution in [0.4, 0.5) is 0 Å². The first kappa shape index (κ1) is 26.4. The van der Waals surface area contributed by atoms with E-state index in [9.17, 15) is 14.4 Å². The molecule has 6 heteroatoms. The van der Waals surface area contributed by atoms with Gasteiger partial charge in [0.05, 0.1) is 0 Å². The molecule has 2 rings (SSSR count). The number of esters is 3. The maximum absolute atomic E-state index is 12.0. The zero-order valence-electron chi connectivity index (χ0n) is 20.4. The van der Waals surface area contributed by atoms with Crippen LogP contribution in [0.5, 0.6) is 0 Å². The Morgan fingerprint density at radius 1 is 1.09 bits per heavy atom. The lowest BCUT2D eigenvalue weighted by Crippen LogP contribution is -2.19. The van der Waals surface area contributed by atoms with E-state index < -0.39 is 12.1 Å². The summed E-state index contributed by atoms with van der Waals surface area (Å²) in [6, 6.07) is 0. The van der Waals surface area contributed by atoms with Crippen molar-refractivity contribution in [3.8, 4) is 0 Å². The molecule has 180 valence electrons. The highest BCUT2D eigenvalue weighted by Gasteiger charge is 2.26. The predicted molar refractivity (Wildman–Crippen MR) is 127 cm³/mol. The second kappa shape index (κ2) is 13.0. The molecule has 2 heterocycles. The molecule has 0 aliphatic carbocycles. The Morgan fingerprint density at radius 2 is 1.79 bits per heavy atom. The Labute approximate surface area is 197 Å². The van der Waals surface area contributed by atoms with Crippen LogP contribution in [0.25, 0.3) is 0 Å². The molecular formula is C27H36O6. The summed E-state index contributed by atoms with van der Waals surface area (Å²) in [7, 11) is 0. The number of hydrogen-bond acceptors (Lipinski definition) is 6. The number of rotatable bonds is 11. The third kappa shape index (κ3) is 9.64. The average Bonchev–Trinajstić information content (AvgIpc) is 3.29. The summed E-state index contributed by atoms with van der Waals surface area (Å²) in [4.78, 5) is 34.7. The number of cyclic esters (lactones) is 2. The van der Waals surface area contributed by atoms with E-state index in [2.05, 4.69) is 26.0 Å². The van der Waals surface area contributed by atoms with Crippen molar-refractivity contribution < 1.29 is 28.6 Å². The SMILES string of the molecule is CC(=O)OC(CC=C(C)CCC=C(C)CCC=C1CC(C=C(C)C)OC1=O)C1=CC(=O)OC1. The summed E-state index contributed by atoms with van der Waals surface area (Å²) in [5, 5.41) is 0. The van der Waals surface area contributed by atoms with Crippen LogP contribution in [0.1, 0.15) is 73.1 Å². The van der Waals surface area contributed by atoms with Crippen LogP contribution in [0.2, 0.25) is 0 Å².